The lowest BCUT2D eigenvalue weighted by Gasteiger charge is -2.07. The van der Waals surface area contributed by atoms with E-state index in [1.165, 1.54) is 0 Å². The zero-order valence-electron chi connectivity index (χ0n) is 17.5. The van der Waals surface area contributed by atoms with Crippen LogP contribution in [0.2, 0.25) is 0 Å². The Labute approximate surface area is 178 Å². The van der Waals surface area contributed by atoms with Gasteiger partial charge in [0.15, 0.2) is 18.1 Å². The maximum absolute atomic E-state index is 12.5. The van der Waals surface area contributed by atoms with E-state index < -0.39 is 5.97 Å². The third-order valence-electron chi connectivity index (χ3n) is 4.75. The fraction of sp³-hybridized carbons (Fsp3) is 0.227. The van der Waals surface area contributed by atoms with E-state index in [4.69, 9.17) is 18.7 Å². The molecule has 0 radical (unpaired) electrons. The van der Waals surface area contributed by atoms with Crippen molar-refractivity contribution in [2.45, 2.75) is 20.5 Å². The van der Waals surface area contributed by atoms with Crippen molar-refractivity contribution in [3.8, 4) is 22.9 Å². The number of esters is 1. The lowest BCUT2D eigenvalue weighted by Crippen LogP contribution is -2.06. The van der Waals surface area contributed by atoms with E-state index >= 15 is 0 Å². The van der Waals surface area contributed by atoms with Crippen LogP contribution in [0.1, 0.15) is 27.6 Å². The van der Waals surface area contributed by atoms with Crippen LogP contribution >= 0.6 is 0 Å². The number of fused-ring (bicyclic) bond motifs is 1. The summed E-state index contributed by atoms with van der Waals surface area (Å²) in [6.45, 7) is 3.61. The molecule has 31 heavy (non-hydrogen) atoms. The fourth-order valence-corrected chi connectivity index (χ4v) is 2.97. The second-order valence-corrected chi connectivity index (χ2v) is 6.76. The number of aryl methyl sites for hydroxylation is 2. The Bertz CT molecular complexity index is 1270. The predicted molar refractivity (Wildman–Crippen MR) is 111 cm³/mol. The van der Waals surface area contributed by atoms with Gasteiger partial charge in [0.25, 0.3) is 5.89 Å². The van der Waals surface area contributed by atoms with Crippen LogP contribution in [0.15, 0.2) is 40.9 Å². The first kappa shape index (κ1) is 20.3. The summed E-state index contributed by atoms with van der Waals surface area (Å²) in [6.07, 6.45) is 0. The number of aromatic nitrogens is 4. The monoisotopic (exact) mass is 420 g/mol. The van der Waals surface area contributed by atoms with Gasteiger partial charge in [-0.15, -0.1) is 0 Å². The van der Waals surface area contributed by atoms with Crippen LogP contribution in [0.25, 0.3) is 22.4 Å². The highest BCUT2D eigenvalue weighted by atomic mass is 16.6. The molecule has 0 saturated carbocycles. The molecule has 158 valence electrons. The molecular weight excluding hydrogens is 400 g/mol. The quantitative estimate of drug-likeness (QED) is 0.431. The van der Waals surface area contributed by atoms with Gasteiger partial charge in [0.1, 0.15) is 0 Å². The Balaban J connectivity index is 1.46. The molecule has 0 spiro atoms. The standard InChI is InChI=1S/C22H20N4O5/c1-12-13(2)24-17-9-15(5-7-16(17)23-12)22(27)30-11-20-25-21(26-31-20)14-6-8-18(28-3)19(10-14)29-4/h5-10H,11H2,1-4H3. The van der Waals surface area contributed by atoms with Gasteiger partial charge in [-0.1, -0.05) is 5.16 Å². The Morgan fingerprint density at radius 3 is 2.39 bits per heavy atom. The zero-order valence-corrected chi connectivity index (χ0v) is 17.5. The smallest absolute Gasteiger partial charge is 0.338 e. The van der Waals surface area contributed by atoms with Gasteiger partial charge in [0.05, 0.1) is 42.2 Å². The summed E-state index contributed by atoms with van der Waals surface area (Å²) < 4.78 is 21.0. The SMILES string of the molecule is COc1ccc(-c2noc(COC(=O)c3ccc4nc(C)c(C)nc4c3)n2)cc1OC. The topological polar surface area (TPSA) is 109 Å². The molecule has 0 unspecified atom stereocenters. The van der Waals surface area contributed by atoms with Crippen LogP contribution in [0.5, 0.6) is 11.5 Å². The molecule has 0 N–H and O–H groups in total. The van der Waals surface area contributed by atoms with Crippen LogP contribution in [-0.2, 0) is 11.3 Å². The summed E-state index contributed by atoms with van der Waals surface area (Å²) >= 11 is 0. The summed E-state index contributed by atoms with van der Waals surface area (Å²) in [6, 6.07) is 10.3. The second kappa shape index (κ2) is 8.39. The number of nitrogens with zero attached hydrogens (tertiary/aromatic N) is 4. The van der Waals surface area contributed by atoms with E-state index in [0.717, 1.165) is 16.9 Å². The van der Waals surface area contributed by atoms with E-state index in [-0.39, 0.29) is 12.5 Å². The van der Waals surface area contributed by atoms with Crippen LogP contribution in [0.4, 0.5) is 0 Å². The summed E-state index contributed by atoms with van der Waals surface area (Å²) in [5.41, 5.74) is 4.06. The minimum Gasteiger partial charge on any atom is -0.493 e. The molecule has 0 atom stereocenters. The van der Waals surface area contributed by atoms with Gasteiger partial charge >= 0.3 is 5.97 Å². The number of ether oxygens (including phenoxy) is 3. The highest BCUT2D eigenvalue weighted by Gasteiger charge is 2.15. The van der Waals surface area contributed by atoms with Crippen LogP contribution in [0.3, 0.4) is 0 Å². The first-order valence-corrected chi connectivity index (χ1v) is 9.45. The number of benzene rings is 2. The molecule has 0 aliphatic heterocycles. The minimum absolute atomic E-state index is 0.157. The molecule has 2 aromatic heterocycles. The Morgan fingerprint density at radius 2 is 1.65 bits per heavy atom. The number of carbonyl (C=O) groups is 1. The third kappa shape index (κ3) is 4.16. The highest BCUT2D eigenvalue weighted by molar-refractivity contribution is 5.93. The second-order valence-electron chi connectivity index (χ2n) is 6.76. The van der Waals surface area contributed by atoms with Crippen molar-refractivity contribution < 1.29 is 23.5 Å². The van der Waals surface area contributed by atoms with Crippen LogP contribution < -0.4 is 9.47 Å². The average molecular weight is 420 g/mol. The maximum atomic E-state index is 12.5. The number of hydrogen-bond acceptors (Lipinski definition) is 9. The van der Waals surface area contributed by atoms with Crippen molar-refractivity contribution in [1.82, 2.24) is 20.1 Å². The molecule has 9 heteroatoms. The van der Waals surface area contributed by atoms with Crippen molar-refractivity contribution in [1.29, 1.82) is 0 Å². The van der Waals surface area contributed by atoms with Gasteiger partial charge < -0.3 is 18.7 Å². The molecule has 2 heterocycles. The summed E-state index contributed by atoms with van der Waals surface area (Å²) in [4.78, 5) is 25.7. The van der Waals surface area contributed by atoms with Crippen LogP contribution in [-0.4, -0.2) is 40.3 Å². The average Bonchev–Trinajstić information content (AvgIpc) is 3.26. The first-order chi connectivity index (χ1) is 15.0. The normalized spacial score (nSPS) is 10.8. The molecule has 0 amide bonds. The Kier molecular flexibility index (Phi) is 5.48. The fourth-order valence-electron chi connectivity index (χ4n) is 2.97. The highest BCUT2D eigenvalue weighted by Crippen LogP contribution is 2.31. The molecule has 4 rings (SSSR count). The van der Waals surface area contributed by atoms with E-state index in [1.54, 1.807) is 50.6 Å². The molecule has 4 aromatic rings. The number of rotatable bonds is 6. The molecule has 2 aromatic carbocycles. The molecular formula is C22H20N4O5. The Hall–Kier alpha value is -4.01. The van der Waals surface area contributed by atoms with Gasteiger partial charge in [0, 0.05) is 5.56 Å². The first-order valence-electron chi connectivity index (χ1n) is 9.45. The third-order valence-corrected chi connectivity index (χ3v) is 4.75. The lowest BCUT2D eigenvalue weighted by atomic mass is 10.2. The molecule has 0 bridgehead atoms. The largest absolute Gasteiger partial charge is 0.493 e. The van der Waals surface area contributed by atoms with Crippen molar-refractivity contribution >= 4 is 17.0 Å². The van der Waals surface area contributed by atoms with Crippen molar-refractivity contribution in [3.63, 3.8) is 0 Å². The molecule has 0 saturated heterocycles. The van der Waals surface area contributed by atoms with Crippen molar-refractivity contribution in [3.05, 3.63) is 59.2 Å². The Morgan fingerprint density at radius 1 is 0.903 bits per heavy atom. The van der Waals surface area contributed by atoms with E-state index in [2.05, 4.69) is 20.1 Å². The van der Waals surface area contributed by atoms with Gasteiger partial charge in [-0.25, -0.2) is 14.8 Å². The van der Waals surface area contributed by atoms with Gasteiger partial charge in [-0.2, -0.15) is 4.98 Å². The van der Waals surface area contributed by atoms with Gasteiger partial charge in [0.2, 0.25) is 5.82 Å². The predicted octanol–water partition coefficient (Wildman–Crippen LogP) is 3.67. The summed E-state index contributed by atoms with van der Waals surface area (Å²) in [5, 5.41) is 3.93. The minimum atomic E-state index is -0.521. The number of methoxy groups -OCH3 is 2. The van der Waals surface area contributed by atoms with E-state index in [0.29, 0.717) is 34.0 Å². The summed E-state index contributed by atoms with van der Waals surface area (Å²) in [7, 11) is 3.10. The van der Waals surface area contributed by atoms with E-state index in [9.17, 15) is 4.79 Å². The molecule has 0 aliphatic carbocycles. The van der Waals surface area contributed by atoms with Gasteiger partial charge in [-0.3, -0.25) is 0 Å². The zero-order chi connectivity index (χ0) is 22.0. The van der Waals surface area contributed by atoms with E-state index in [1.807, 2.05) is 13.8 Å². The molecule has 9 nitrogen and oxygen atoms in total. The number of hydrogen-bond donors (Lipinski definition) is 0. The maximum Gasteiger partial charge on any atom is 0.338 e. The molecule has 0 fully saturated rings. The molecule has 0 aliphatic rings. The lowest BCUT2D eigenvalue weighted by molar-refractivity contribution is 0.0430. The van der Waals surface area contributed by atoms with Crippen molar-refractivity contribution in [2.24, 2.45) is 0 Å². The van der Waals surface area contributed by atoms with Gasteiger partial charge in [-0.05, 0) is 50.2 Å². The number of carbonyl (C=O) groups excluding carboxylic acids is 1. The van der Waals surface area contributed by atoms with Crippen LogP contribution in [0, 0.1) is 13.8 Å². The summed E-state index contributed by atoms with van der Waals surface area (Å²) in [5.74, 6) is 1.13. The van der Waals surface area contributed by atoms with Crippen molar-refractivity contribution in [2.75, 3.05) is 14.2 Å².